The van der Waals surface area contributed by atoms with Gasteiger partial charge in [-0.05, 0) is 66.8 Å². The Morgan fingerprint density at radius 1 is 1.19 bits per heavy atom. The summed E-state index contributed by atoms with van der Waals surface area (Å²) in [6.07, 6.45) is 0. The number of anilines is 1. The van der Waals surface area contributed by atoms with Crippen molar-refractivity contribution >= 4 is 56.5 Å². The van der Waals surface area contributed by atoms with Gasteiger partial charge in [-0.3, -0.25) is 14.2 Å². The summed E-state index contributed by atoms with van der Waals surface area (Å²) in [7, 11) is 0. The van der Waals surface area contributed by atoms with E-state index in [4.69, 9.17) is 11.6 Å². The third kappa shape index (κ3) is 4.51. The third-order valence-corrected chi connectivity index (χ3v) is 6.88. The van der Waals surface area contributed by atoms with Crippen molar-refractivity contribution < 1.29 is 9.18 Å². The van der Waals surface area contributed by atoms with E-state index in [0.717, 1.165) is 29.0 Å². The average Bonchev–Trinajstić information content (AvgIpc) is 3.20. The molecule has 0 atom stereocenters. The Bertz CT molecular complexity index is 1370. The van der Waals surface area contributed by atoms with E-state index in [-0.39, 0.29) is 22.2 Å². The van der Waals surface area contributed by atoms with Crippen LogP contribution >= 0.6 is 34.7 Å². The molecule has 0 unspecified atom stereocenters. The summed E-state index contributed by atoms with van der Waals surface area (Å²) in [5.74, 6) is -0.825. The van der Waals surface area contributed by atoms with E-state index in [1.54, 1.807) is 6.07 Å². The number of carbonyl (C=O) groups is 1. The van der Waals surface area contributed by atoms with Crippen LogP contribution in [0.15, 0.2) is 57.8 Å². The first-order valence-corrected chi connectivity index (χ1v) is 11.5. The van der Waals surface area contributed by atoms with E-state index in [0.29, 0.717) is 26.7 Å². The van der Waals surface area contributed by atoms with Gasteiger partial charge in [0.05, 0.1) is 27.7 Å². The Morgan fingerprint density at radius 3 is 2.74 bits per heavy atom. The van der Waals surface area contributed by atoms with Crippen LogP contribution in [0.4, 0.5) is 10.1 Å². The summed E-state index contributed by atoms with van der Waals surface area (Å²) < 4.78 is 15.3. The van der Waals surface area contributed by atoms with E-state index in [1.807, 2.05) is 37.4 Å². The molecular formula is C22H17ClFN3O2S2. The summed E-state index contributed by atoms with van der Waals surface area (Å²) in [4.78, 5) is 30.3. The fourth-order valence-corrected chi connectivity index (χ4v) is 4.78. The molecule has 158 valence electrons. The largest absolute Gasteiger partial charge is 0.324 e. The summed E-state index contributed by atoms with van der Waals surface area (Å²) in [5.41, 5.74) is 3.61. The number of halogens is 2. The van der Waals surface area contributed by atoms with E-state index < -0.39 is 5.82 Å². The highest BCUT2D eigenvalue weighted by Gasteiger charge is 2.16. The smallest absolute Gasteiger partial charge is 0.276 e. The highest BCUT2D eigenvalue weighted by molar-refractivity contribution is 7.99. The molecule has 9 heteroatoms. The number of amides is 1. The zero-order valence-electron chi connectivity index (χ0n) is 16.6. The van der Waals surface area contributed by atoms with E-state index in [2.05, 4.69) is 10.3 Å². The standard InChI is InChI=1S/C22H17ClFN3O2S2/c1-12-3-5-15(9-13(12)2)27-21(29)20-18(7-8-30-20)26-22(27)31-11-19(28)25-17-6-4-14(24)10-16(17)23/h3-10H,11H2,1-2H3,(H,25,28). The summed E-state index contributed by atoms with van der Waals surface area (Å²) in [6.45, 7) is 3.98. The van der Waals surface area contributed by atoms with Crippen LogP contribution in [0.1, 0.15) is 11.1 Å². The van der Waals surface area contributed by atoms with Crippen LogP contribution in [0.2, 0.25) is 5.02 Å². The molecular weight excluding hydrogens is 457 g/mol. The molecule has 0 saturated carbocycles. The van der Waals surface area contributed by atoms with Crippen molar-refractivity contribution in [1.82, 2.24) is 9.55 Å². The van der Waals surface area contributed by atoms with Crippen molar-refractivity contribution in [3.8, 4) is 5.69 Å². The molecule has 0 aliphatic carbocycles. The lowest BCUT2D eigenvalue weighted by Gasteiger charge is -2.13. The Balaban J connectivity index is 1.65. The summed E-state index contributed by atoms with van der Waals surface area (Å²) >= 11 is 8.47. The van der Waals surface area contributed by atoms with Crippen molar-refractivity contribution in [3.63, 3.8) is 0 Å². The van der Waals surface area contributed by atoms with Crippen molar-refractivity contribution in [2.75, 3.05) is 11.1 Å². The molecule has 1 N–H and O–H groups in total. The highest BCUT2D eigenvalue weighted by Crippen LogP contribution is 2.26. The van der Waals surface area contributed by atoms with Gasteiger partial charge >= 0.3 is 0 Å². The van der Waals surface area contributed by atoms with E-state index >= 15 is 0 Å². The predicted molar refractivity (Wildman–Crippen MR) is 125 cm³/mol. The number of rotatable bonds is 5. The second-order valence-corrected chi connectivity index (χ2v) is 9.17. The lowest BCUT2D eigenvalue weighted by Crippen LogP contribution is -2.22. The van der Waals surface area contributed by atoms with Gasteiger partial charge in [0.15, 0.2) is 5.16 Å². The number of thioether (sulfide) groups is 1. The Labute approximate surface area is 190 Å². The maximum Gasteiger partial charge on any atom is 0.276 e. The van der Waals surface area contributed by atoms with Crippen LogP contribution in [-0.2, 0) is 4.79 Å². The molecule has 5 nitrogen and oxygen atoms in total. The number of nitrogens with zero attached hydrogens (tertiary/aromatic N) is 2. The molecule has 1 amide bonds. The SMILES string of the molecule is Cc1ccc(-n2c(SCC(=O)Nc3ccc(F)cc3Cl)nc3ccsc3c2=O)cc1C. The molecule has 0 saturated heterocycles. The van der Waals surface area contributed by atoms with Gasteiger partial charge in [0, 0.05) is 0 Å². The molecule has 4 rings (SSSR count). The maximum atomic E-state index is 13.2. The number of thiophene rings is 1. The molecule has 0 fully saturated rings. The number of nitrogens with one attached hydrogen (secondary N) is 1. The Morgan fingerprint density at radius 2 is 2.00 bits per heavy atom. The fraction of sp³-hybridized carbons (Fsp3) is 0.136. The van der Waals surface area contributed by atoms with Gasteiger partial charge in [-0.1, -0.05) is 29.4 Å². The van der Waals surface area contributed by atoms with Gasteiger partial charge in [-0.2, -0.15) is 0 Å². The van der Waals surface area contributed by atoms with Crippen LogP contribution in [0.3, 0.4) is 0 Å². The van der Waals surface area contributed by atoms with E-state index in [9.17, 15) is 14.0 Å². The molecule has 4 aromatic rings. The zero-order chi connectivity index (χ0) is 22.1. The lowest BCUT2D eigenvalue weighted by atomic mass is 10.1. The average molecular weight is 474 g/mol. The number of carbonyl (C=O) groups excluding carboxylic acids is 1. The normalized spacial score (nSPS) is 11.1. The minimum absolute atomic E-state index is 0.000628. The van der Waals surface area contributed by atoms with Gasteiger partial charge in [0.25, 0.3) is 5.56 Å². The quantitative estimate of drug-likeness (QED) is 0.303. The van der Waals surface area contributed by atoms with Gasteiger partial charge in [-0.25, -0.2) is 9.37 Å². The van der Waals surface area contributed by atoms with Crippen LogP contribution < -0.4 is 10.9 Å². The van der Waals surface area contributed by atoms with Gasteiger partial charge < -0.3 is 5.32 Å². The highest BCUT2D eigenvalue weighted by atomic mass is 35.5. The Hall–Kier alpha value is -2.68. The molecule has 2 heterocycles. The molecule has 2 aromatic heterocycles. The van der Waals surface area contributed by atoms with Crippen molar-refractivity contribution in [2.45, 2.75) is 19.0 Å². The lowest BCUT2D eigenvalue weighted by molar-refractivity contribution is -0.113. The van der Waals surface area contributed by atoms with Gasteiger partial charge in [0.2, 0.25) is 5.91 Å². The van der Waals surface area contributed by atoms with Crippen molar-refractivity contribution in [1.29, 1.82) is 0 Å². The number of aryl methyl sites for hydroxylation is 2. The number of hydrogen-bond acceptors (Lipinski definition) is 5. The maximum absolute atomic E-state index is 13.2. The molecule has 31 heavy (non-hydrogen) atoms. The molecule has 0 aliphatic rings. The third-order valence-electron chi connectivity index (χ3n) is 4.74. The van der Waals surface area contributed by atoms with Crippen molar-refractivity contribution in [3.05, 3.63) is 80.2 Å². The molecule has 0 radical (unpaired) electrons. The number of aromatic nitrogens is 2. The van der Waals surface area contributed by atoms with Crippen molar-refractivity contribution in [2.24, 2.45) is 0 Å². The van der Waals surface area contributed by atoms with Gasteiger partial charge in [-0.15, -0.1) is 11.3 Å². The molecule has 0 spiro atoms. The van der Waals surface area contributed by atoms with Crippen LogP contribution in [0, 0.1) is 19.7 Å². The number of hydrogen-bond donors (Lipinski definition) is 1. The van der Waals surface area contributed by atoms with E-state index in [1.165, 1.54) is 28.0 Å². The second-order valence-electron chi connectivity index (χ2n) is 6.90. The second kappa shape index (κ2) is 8.82. The van der Waals surface area contributed by atoms with Crippen LogP contribution in [0.5, 0.6) is 0 Å². The monoisotopic (exact) mass is 473 g/mol. The van der Waals surface area contributed by atoms with Gasteiger partial charge in [0.1, 0.15) is 10.5 Å². The number of benzene rings is 2. The molecule has 0 bridgehead atoms. The first-order chi connectivity index (χ1) is 14.8. The first-order valence-electron chi connectivity index (χ1n) is 9.29. The predicted octanol–water partition coefficient (Wildman–Crippen LogP) is 5.59. The fourth-order valence-electron chi connectivity index (χ4n) is 2.99. The zero-order valence-corrected chi connectivity index (χ0v) is 19.0. The topological polar surface area (TPSA) is 64.0 Å². The summed E-state index contributed by atoms with van der Waals surface area (Å²) in [6, 6.07) is 11.3. The van der Waals surface area contributed by atoms with Crippen LogP contribution in [0.25, 0.3) is 15.9 Å². The summed E-state index contributed by atoms with van der Waals surface area (Å²) in [5, 5.41) is 5.01. The minimum Gasteiger partial charge on any atom is -0.324 e. The minimum atomic E-state index is -0.483. The Kier molecular flexibility index (Phi) is 6.13. The van der Waals surface area contributed by atoms with Crippen LogP contribution in [-0.4, -0.2) is 21.2 Å². The molecule has 2 aromatic carbocycles. The molecule has 0 aliphatic heterocycles. The number of fused-ring (bicyclic) bond motifs is 1. The first kappa shape index (κ1) is 21.5.